The Labute approximate surface area is 106 Å². The first kappa shape index (κ1) is 17.8. The monoisotopic (exact) mass is 243 g/mol. The Hall–Kier alpha value is -0.560. The standard InChI is InChI=1S/C6H6ClN.C6H14.C2H6/c1-5-3-2-4-6(7)8-5;1-3-5-6-4-2;1-2/h2-4H,1H3;3-6H2,1-2H3;1-2H3. The first-order valence-electron chi connectivity index (χ1n) is 6.29. The zero-order valence-electron chi connectivity index (χ0n) is 11.4. The van der Waals surface area contributed by atoms with Crippen LogP contribution in [0.4, 0.5) is 0 Å². The van der Waals surface area contributed by atoms with E-state index in [1.165, 1.54) is 25.7 Å². The van der Waals surface area contributed by atoms with E-state index in [0.717, 1.165) is 5.69 Å². The van der Waals surface area contributed by atoms with Crippen LogP contribution < -0.4 is 0 Å². The molecule has 0 aliphatic heterocycles. The fourth-order valence-electron chi connectivity index (χ4n) is 1.01. The summed E-state index contributed by atoms with van der Waals surface area (Å²) in [5.41, 5.74) is 0.956. The molecule has 0 aromatic carbocycles. The fourth-order valence-corrected chi connectivity index (χ4v) is 1.22. The maximum absolute atomic E-state index is 5.53. The van der Waals surface area contributed by atoms with Gasteiger partial charge in [-0.2, -0.15) is 0 Å². The molecule has 0 fully saturated rings. The molecule has 0 saturated carbocycles. The second kappa shape index (κ2) is 14.4. The van der Waals surface area contributed by atoms with Crippen molar-refractivity contribution < 1.29 is 0 Å². The minimum absolute atomic E-state index is 0.560. The average molecular weight is 244 g/mol. The average Bonchev–Trinajstić information content (AvgIpc) is 2.29. The molecule has 0 bridgehead atoms. The van der Waals surface area contributed by atoms with Crippen molar-refractivity contribution in [3.63, 3.8) is 0 Å². The zero-order chi connectivity index (χ0) is 12.8. The Balaban J connectivity index is 0. The number of halogens is 1. The third-order valence-corrected chi connectivity index (χ3v) is 2.02. The minimum atomic E-state index is 0.560. The van der Waals surface area contributed by atoms with E-state index in [0.29, 0.717) is 5.15 Å². The normalized spacial score (nSPS) is 8.38. The van der Waals surface area contributed by atoms with Crippen LogP contribution in [0.3, 0.4) is 0 Å². The Morgan fingerprint density at radius 3 is 1.81 bits per heavy atom. The Morgan fingerprint density at radius 2 is 1.56 bits per heavy atom. The van der Waals surface area contributed by atoms with Gasteiger partial charge in [-0.15, -0.1) is 0 Å². The second-order valence-electron chi connectivity index (χ2n) is 3.31. The highest BCUT2D eigenvalue weighted by Gasteiger charge is 1.84. The van der Waals surface area contributed by atoms with E-state index in [-0.39, 0.29) is 0 Å². The predicted octanol–water partition coefficient (Wildman–Crippen LogP) is 5.66. The van der Waals surface area contributed by atoms with E-state index < -0.39 is 0 Å². The van der Waals surface area contributed by atoms with Gasteiger partial charge in [0.1, 0.15) is 5.15 Å². The number of nitrogens with zero attached hydrogens (tertiary/aromatic N) is 1. The number of aryl methyl sites for hydroxylation is 1. The summed E-state index contributed by atoms with van der Waals surface area (Å²) in [6.07, 6.45) is 5.54. The van der Waals surface area contributed by atoms with E-state index in [1.54, 1.807) is 6.07 Å². The number of rotatable bonds is 3. The van der Waals surface area contributed by atoms with Crippen LogP contribution in [0.2, 0.25) is 5.15 Å². The van der Waals surface area contributed by atoms with E-state index in [1.807, 2.05) is 32.9 Å². The van der Waals surface area contributed by atoms with Crippen molar-refractivity contribution in [2.45, 2.75) is 60.3 Å². The third kappa shape index (κ3) is 13.4. The van der Waals surface area contributed by atoms with Crippen molar-refractivity contribution in [2.75, 3.05) is 0 Å². The summed E-state index contributed by atoms with van der Waals surface area (Å²) in [6.45, 7) is 10.4. The highest BCUT2D eigenvalue weighted by atomic mass is 35.5. The molecule has 0 aliphatic carbocycles. The van der Waals surface area contributed by atoms with Crippen LogP contribution in [0.1, 0.15) is 59.1 Å². The maximum atomic E-state index is 5.53. The van der Waals surface area contributed by atoms with Gasteiger partial charge in [0.15, 0.2) is 0 Å². The van der Waals surface area contributed by atoms with Crippen molar-refractivity contribution in [3.8, 4) is 0 Å². The molecule has 0 atom stereocenters. The van der Waals surface area contributed by atoms with Crippen LogP contribution in [0, 0.1) is 6.92 Å². The summed E-state index contributed by atoms with van der Waals surface area (Å²) >= 11 is 5.53. The predicted molar refractivity (Wildman–Crippen MR) is 75.1 cm³/mol. The van der Waals surface area contributed by atoms with E-state index in [2.05, 4.69) is 18.8 Å². The molecule has 0 saturated heterocycles. The number of unbranched alkanes of at least 4 members (excludes halogenated alkanes) is 3. The molecule has 0 aliphatic rings. The Bertz CT molecular complexity index is 215. The summed E-state index contributed by atoms with van der Waals surface area (Å²) in [5, 5.41) is 0.560. The van der Waals surface area contributed by atoms with Crippen LogP contribution >= 0.6 is 11.6 Å². The molecule has 1 nitrogen and oxygen atoms in total. The molecule has 0 N–H and O–H groups in total. The maximum Gasteiger partial charge on any atom is 0.129 e. The van der Waals surface area contributed by atoms with Crippen LogP contribution in [0.15, 0.2) is 18.2 Å². The smallest absolute Gasteiger partial charge is 0.129 e. The van der Waals surface area contributed by atoms with Crippen molar-refractivity contribution in [1.82, 2.24) is 4.98 Å². The molecule has 0 spiro atoms. The van der Waals surface area contributed by atoms with E-state index >= 15 is 0 Å². The molecule has 94 valence electrons. The minimum Gasteiger partial charge on any atom is -0.241 e. The third-order valence-electron chi connectivity index (χ3n) is 1.81. The number of pyridine rings is 1. The lowest BCUT2D eigenvalue weighted by molar-refractivity contribution is 0.702. The van der Waals surface area contributed by atoms with E-state index in [9.17, 15) is 0 Å². The molecular formula is C14H26ClN. The van der Waals surface area contributed by atoms with Gasteiger partial charge in [0, 0.05) is 5.69 Å². The van der Waals surface area contributed by atoms with E-state index in [4.69, 9.17) is 11.6 Å². The highest BCUT2D eigenvalue weighted by Crippen LogP contribution is 2.02. The lowest BCUT2D eigenvalue weighted by atomic mass is 10.2. The first-order valence-corrected chi connectivity index (χ1v) is 6.67. The second-order valence-corrected chi connectivity index (χ2v) is 3.70. The fraction of sp³-hybridized carbons (Fsp3) is 0.643. The molecule has 1 aromatic rings. The molecule has 0 amide bonds. The number of aromatic nitrogens is 1. The summed E-state index contributed by atoms with van der Waals surface area (Å²) in [5.74, 6) is 0. The van der Waals surface area contributed by atoms with Gasteiger partial charge in [0.05, 0.1) is 0 Å². The molecule has 16 heavy (non-hydrogen) atoms. The Kier molecular flexibility index (Phi) is 16.1. The topological polar surface area (TPSA) is 12.9 Å². The summed E-state index contributed by atoms with van der Waals surface area (Å²) in [4.78, 5) is 3.94. The highest BCUT2D eigenvalue weighted by molar-refractivity contribution is 6.29. The molecule has 0 unspecified atom stereocenters. The SMILES string of the molecule is CC.CCCCCC.Cc1cccc(Cl)n1. The van der Waals surface area contributed by atoms with Gasteiger partial charge in [-0.1, -0.05) is 71.0 Å². The molecule has 1 rings (SSSR count). The Morgan fingerprint density at radius 1 is 1.06 bits per heavy atom. The van der Waals surface area contributed by atoms with Crippen molar-refractivity contribution in [3.05, 3.63) is 29.0 Å². The number of hydrogen-bond acceptors (Lipinski definition) is 1. The van der Waals surface area contributed by atoms with Crippen molar-refractivity contribution in [2.24, 2.45) is 0 Å². The van der Waals surface area contributed by atoms with Gasteiger partial charge in [0.2, 0.25) is 0 Å². The van der Waals surface area contributed by atoms with Gasteiger partial charge < -0.3 is 0 Å². The molecular weight excluding hydrogens is 218 g/mol. The molecule has 2 heteroatoms. The van der Waals surface area contributed by atoms with Gasteiger partial charge in [0.25, 0.3) is 0 Å². The van der Waals surface area contributed by atoms with Crippen LogP contribution in [0.25, 0.3) is 0 Å². The van der Waals surface area contributed by atoms with Crippen LogP contribution in [-0.2, 0) is 0 Å². The number of hydrogen-bond donors (Lipinski definition) is 0. The van der Waals surface area contributed by atoms with Crippen LogP contribution in [-0.4, -0.2) is 4.98 Å². The van der Waals surface area contributed by atoms with Crippen molar-refractivity contribution in [1.29, 1.82) is 0 Å². The van der Waals surface area contributed by atoms with Gasteiger partial charge >= 0.3 is 0 Å². The quantitative estimate of drug-likeness (QED) is 0.493. The first-order chi connectivity index (χ1) is 7.70. The zero-order valence-corrected chi connectivity index (χ0v) is 12.1. The molecule has 0 radical (unpaired) electrons. The van der Waals surface area contributed by atoms with Gasteiger partial charge in [-0.3, -0.25) is 0 Å². The largest absolute Gasteiger partial charge is 0.241 e. The summed E-state index contributed by atoms with van der Waals surface area (Å²) < 4.78 is 0. The van der Waals surface area contributed by atoms with Gasteiger partial charge in [-0.25, -0.2) is 4.98 Å². The molecule has 1 heterocycles. The molecule has 1 aromatic heterocycles. The lowest BCUT2D eigenvalue weighted by Gasteiger charge is -1.88. The summed E-state index contributed by atoms with van der Waals surface area (Å²) in [6, 6.07) is 5.55. The van der Waals surface area contributed by atoms with Gasteiger partial charge in [-0.05, 0) is 19.1 Å². The van der Waals surface area contributed by atoms with Crippen LogP contribution in [0.5, 0.6) is 0 Å². The summed E-state index contributed by atoms with van der Waals surface area (Å²) in [7, 11) is 0. The lowest BCUT2D eigenvalue weighted by Crippen LogP contribution is -1.76. The van der Waals surface area contributed by atoms with Crippen molar-refractivity contribution >= 4 is 11.6 Å².